The van der Waals surface area contributed by atoms with Crippen molar-refractivity contribution in [1.82, 2.24) is 9.97 Å². The van der Waals surface area contributed by atoms with Crippen LogP contribution in [0.2, 0.25) is 0 Å². The van der Waals surface area contributed by atoms with Crippen LogP contribution in [0, 0.1) is 12.8 Å². The lowest BCUT2D eigenvalue weighted by Gasteiger charge is -2.24. The Hall–Kier alpha value is -1.23. The van der Waals surface area contributed by atoms with Gasteiger partial charge in [0.25, 0.3) is 0 Å². The summed E-state index contributed by atoms with van der Waals surface area (Å²) in [5.74, 6) is 1.46. The zero-order valence-electron chi connectivity index (χ0n) is 11.9. The third kappa shape index (κ3) is 3.86. The molecule has 5 heteroatoms. The summed E-state index contributed by atoms with van der Waals surface area (Å²) in [6.45, 7) is 7.44. The van der Waals surface area contributed by atoms with Crippen molar-refractivity contribution in [1.29, 1.82) is 0 Å². The molecule has 4 nitrogen and oxygen atoms in total. The van der Waals surface area contributed by atoms with Crippen LogP contribution in [0.25, 0.3) is 0 Å². The maximum absolute atomic E-state index is 5.69. The van der Waals surface area contributed by atoms with Crippen LogP contribution in [0.3, 0.4) is 0 Å². The van der Waals surface area contributed by atoms with Crippen LogP contribution in [-0.2, 0) is 0 Å². The Kier molecular flexibility index (Phi) is 4.34. The Bertz CT molecular complexity index is 469. The van der Waals surface area contributed by atoms with Gasteiger partial charge in [-0.3, -0.25) is 0 Å². The zero-order chi connectivity index (χ0) is 14.0. The number of aryl methyl sites for hydroxylation is 1. The van der Waals surface area contributed by atoms with E-state index in [-0.39, 0.29) is 0 Å². The van der Waals surface area contributed by atoms with E-state index in [0.717, 1.165) is 24.6 Å². The van der Waals surface area contributed by atoms with Gasteiger partial charge in [-0.1, -0.05) is 26.1 Å². The fraction of sp³-hybridized carbons (Fsp3) is 0.643. The molecule has 0 bridgehead atoms. The van der Waals surface area contributed by atoms with Gasteiger partial charge in [-0.25, -0.2) is 9.97 Å². The van der Waals surface area contributed by atoms with Crippen molar-refractivity contribution in [3.8, 4) is 0 Å². The highest BCUT2D eigenvalue weighted by Crippen LogP contribution is 2.30. The second-order valence-electron chi connectivity index (χ2n) is 5.67. The summed E-state index contributed by atoms with van der Waals surface area (Å²) in [6, 6.07) is 2.44. The fourth-order valence-electron chi connectivity index (χ4n) is 2.04. The molecule has 0 amide bonds. The first-order chi connectivity index (χ1) is 8.97. The smallest absolute Gasteiger partial charge is 0.226 e. The molecule has 0 spiro atoms. The highest BCUT2D eigenvalue weighted by Gasteiger charge is 2.31. The number of anilines is 1. The first kappa shape index (κ1) is 14.2. The van der Waals surface area contributed by atoms with Gasteiger partial charge in [-0.15, -0.1) is 0 Å². The molecule has 1 heterocycles. The molecule has 1 saturated carbocycles. The van der Waals surface area contributed by atoms with E-state index in [1.54, 1.807) is 0 Å². The minimum atomic E-state index is 0.339. The van der Waals surface area contributed by atoms with Crippen molar-refractivity contribution in [2.45, 2.75) is 46.1 Å². The average Bonchev–Trinajstić information content (AvgIpc) is 3.12. The van der Waals surface area contributed by atoms with E-state index >= 15 is 0 Å². The van der Waals surface area contributed by atoms with Crippen molar-refractivity contribution in [3.05, 3.63) is 17.5 Å². The quantitative estimate of drug-likeness (QED) is 0.810. The Balaban J connectivity index is 2.23. The van der Waals surface area contributed by atoms with Gasteiger partial charge in [0.15, 0.2) is 0 Å². The molecule has 1 aromatic rings. The van der Waals surface area contributed by atoms with Gasteiger partial charge in [0.2, 0.25) is 5.95 Å². The number of aromatic nitrogens is 2. The molecule has 1 aliphatic rings. The number of hydrogen-bond acceptors (Lipinski definition) is 4. The van der Waals surface area contributed by atoms with Gasteiger partial charge >= 0.3 is 0 Å². The Morgan fingerprint density at radius 2 is 2.16 bits per heavy atom. The third-order valence-corrected chi connectivity index (χ3v) is 3.50. The Morgan fingerprint density at radius 1 is 1.47 bits per heavy atom. The van der Waals surface area contributed by atoms with Gasteiger partial charge in [-0.2, -0.15) is 0 Å². The molecule has 1 fully saturated rings. The number of thiocarbonyl (C=S) groups is 1. The van der Waals surface area contributed by atoms with Gasteiger partial charge in [0, 0.05) is 18.3 Å². The Labute approximate surface area is 120 Å². The van der Waals surface area contributed by atoms with E-state index in [1.165, 1.54) is 12.8 Å². The summed E-state index contributed by atoms with van der Waals surface area (Å²) in [7, 11) is 0. The highest BCUT2D eigenvalue weighted by molar-refractivity contribution is 7.80. The molecule has 0 aliphatic heterocycles. The number of rotatable bonds is 6. The van der Waals surface area contributed by atoms with Crippen LogP contribution in [0.1, 0.15) is 44.5 Å². The van der Waals surface area contributed by atoms with Gasteiger partial charge in [0.1, 0.15) is 10.7 Å². The second-order valence-corrected chi connectivity index (χ2v) is 6.11. The van der Waals surface area contributed by atoms with Crippen molar-refractivity contribution >= 4 is 23.2 Å². The number of hydrogen-bond donors (Lipinski definition) is 1. The minimum Gasteiger partial charge on any atom is -0.388 e. The SMILES string of the molecule is Cc1cc(C(N)=S)nc(N(CCC(C)C)C2CC2)n1. The van der Waals surface area contributed by atoms with Crippen molar-refractivity contribution in [2.24, 2.45) is 11.7 Å². The van der Waals surface area contributed by atoms with E-state index in [4.69, 9.17) is 18.0 Å². The summed E-state index contributed by atoms with van der Waals surface area (Å²) in [4.78, 5) is 11.7. The molecular weight excluding hydrogens is 256 g/mol. The standard InChI is InChI=1S/C14H22N4S/c1-9(2)6-7-18(11-4-5-11)14-16-10(3)8-12(17-14)13(15)19/h8-9,11H,4-7H2,1-3H3,(H2,15,19). The normalized spacial score (nSPS) is 14.7. The molecule has 0 radical (unpaired) electrons. The van der Waals surface area contributed by atoms with E-state index in [0.29, 0.717) is 22.6 Å². The van der Waals surface area contributed by atoms with Crippen LogP contribution in [0.15, 0.2) is 6.07 Å². The molecule has 0 unspecified atom stereocenters. The zero-order valence-corrected chi connectivity index (χ0v) is 12.7. The molecule has 2 rings (SSSR count). The fourth-order valence-corrected chi connectivity index (χ4v) is 2.14. The average molecular weight is 278 g/mol. The van der Waals surface area contributed by atoms with Crippen LogP contribution in [0.5, 0.6) is 0 Å². The predicted molar refractivity (Wildman–Crippen MR) is 82.5 cm³/mol. The van der Waals surface area contributed by atoms with Crippen LogP contribution in [0.4, 0.5) is 5.95 Å². The maximum Gasteiger partial charge on any atom is 0.226 e. The van der Waals surface area contributed by atoms with E-state index in [1.807, 2.05) is 13.0 Å². The number of nitrogens with two attached hydrogens (primary N) is 1. The number of nitrogens with zero attached hydrogens (tertiary/aromatic N) is 3. The van der Waals surface area contributed by atoms with Crippen molar-refractivity contribution in [3.63, 3.8) is 0 Å². The lowest BCUT2D eigenvalue weighted by molar-refractivity contribution is 0.565. The van der Waals surface area contributed by atoms with E-state index < -0.39 is 0 Å². The molecule has 0 saturated heterocycles. The van der Waals surface area contributed by atoms with Crippen molar-refractivity contribution < 1.29 is 0 Å². The topological polar surface area (TPSA) is 55.0 Å². The maximum atomic E-state index is 5.69. The van der Waals surface area contributed by atoms with E-state index in [9.17, 15) is 0 Å². The van der Waals surface area contributed by atoms with Gasteiger partial charge < -0.3 is 10.6 Å². The van der Waals surface area contributed by atoms with Gasteiger partial charge in [-0.05, 0) is 38.2 Å². The minimum absolute atomic E-state index is 0.339. The molecule has 19 heavy (non-hydrogen) atoms. The van der Waals surface area contributed by atoms with Crippen LogP contribution >= 0.6 is 12.2 Å². The molecule has 2 N–H and O–H groups in total. The largest absolute Gasteiger partial charge is 0.388 e. The second kappa shape index (κ2) is 5.82. The highest BCUT2D eigenvalue weighted by atomic mass is 32.1. The first-order valence-electron chi connectivity index (χ1n) is 6.89. The van der Waals surface area contributed by atoms with Crippen LogP contribution < -0.4 is 10.6 Å². The van der Waals surface area contributed by atoms with E-state index in [2.05, 4.69) is 28.7 Å². The predicted octanol–water partition coefficient (Wildman–Crippen LogP) is 2.43. The van der Waals surface area contributed by atoms with Crippen LogP contribution in [-0.4, -0.2) is 27.5 Å². The molecular formula is C14H22N4S. The summed E-state index contributed by atoms with van der Waals surface area (Å²) in [5, 5.41) is 0. The lowest BCUT2D eigenvalue weighted by atomic mass is 10.1. The summed E-state index contributed by atoms with van der Waals surface area (Å²) < 4.78 is 0. The molecule has 0 atom stereocenters. The summed E-state index contributed by atoms with van der Waals surface area (Å²) in [5.41, 5.74) is 7.28. The molecule has 1 aromatic heterocycles. The molecule has 0 aromatic carbocycles. The van der Waals surface area contributed by atoms with Crippen molar-refractivity contribution in [2.75, 3.05) is 11.4 Å². The molecule has 1 aliphatic carbocycles. The third-order valence-electron chi connectivity index (χ3n) is 3.29. The summed E-state index contributed by atoms with van der Waals surface area (Å²) in [6.07, 6.45) is 3.62. The first-order valence-corrected chi connectivity index (χ1v) is 7.30. The van der Waals surface area contributed by atoms with Gasteiger partial charge in [0.05, 0.1) is 0 Å². The Morgan fingerprint density at radius 3 is 2.68 bits per heavy atom. The summed E-state index contributed by atoms with van der Waals surface area (Å²) >= 11 is 5.02. The lowest BCUT2D eigenvalue weighted by Crippen LogP contribution is -2.30. The monoisotopic (exact) mass is 278 g/mol. The molecule has 104 valence electrons.